The zero-order chi connectivity index (χ0) is 19.1. The predicted molar refractivity (Wildman–Crippen MR) is 98.2 cm³/mol. The number of nitrogens with one attached hydrogen (secondary N) is 1. The van der Waals surface area contributed by atoms with Gasteiger partial charge in [0.25, 0.3) is 11.8 Å². The molecule has 0 spiro atoms. The van der Waals surface area contributed by atoms with Crippen molar-refractivity contribution in [2.24, 2.45) is 7.05 Å². The molecule has 2 saturated heterocycles. The van der Waals surface area contributed by atoms with Gasteiger partial charge in [0.05, 0.1) is 11.9 Å². The van der Waals surface area contributed by atoms with Crippen molar-refractivity contribution in [1.29, 1.82) is 0 Å². The van der Waals surface area contributed by atoms with E-state index in [1.165, 1.54) is 6.20 Å². The zero-order valence-corrected chi connectivity index (χ0v) is 15.8. The fourth-order valence-corrected chi connectivity index (χ4v) is 4.19. The summed E-state index contributed by atoms with van der Waals surface area (Å²) in [5.41, 5.74) is 2.58. The highest BCUT2D eigenvalue weighted by atomic mass is 16.2. The Morgan fingerprint density at radius 3 is 2.33 bits per heavy atom. The van der Waals surface area contributed by atoms with Gasteiger partial charge in [-0.05, 0) is 45.6 Å². The van der Waals surface area contributed by atoms with Gasteiger partial charge < -0.3 is 10.2 Å². The largest absolute Gasteiger partial charge is 0.348 e. The van der Waals surface area contributed by atoms with E-state index < -0.39 is 0 Å². The number of aryl methyl sites for hydroxylation is 3. The normalized spacial score (nSPS) is 24.1. The Morgan fingerprint density at radius 2 is 1.78 bits per heavy atom. The van der Waals surface area contributed by atoms with Gasteiger partial charge in [-0.2, -0.15) is 5.10 Å². The average Bonchev–Trinajstić information content (AvgIpc) is 3.11. The molecule has 0 saturated carbocycles. The van der Waals surface area contributed by atoms with Gasteiger partial charge in [-0.3, -0.25) is 19.3 Å². The van der Waals surface area contributed by atoms with Crippen molar-refractivity contribution in [2.45, 2.75) is 57.7 Å². The summed E-state index contributed by atoms with van der Waals surface area (Å²) in [6.45, 7) is 3.77. The number of rotatable bonds is 3. The number of carbonyl (C=O) groups excluding carboxylic acids is 2. The van der Waals surface area contributed by atoms with Crippen LogP contribution in [0.25, 0.3) is 0 Å². The van der Waals surface area contributed by atoms with Crippen LogP contribution in [-0.2, 0) is 7.05 Å². The van der Waals surface area contributed by atoms with Crippen LogP contribution in [-0.4, -0.2) is 54.6 Å². The predicted octanol–water partition coefficient (Wildman–Crippen LogP) is 1.39. The molecular formula is C19H24N6O2. The lowest BCUT2D eigenvalue weighted by Crippen LogP contribution is -2.52. The van der Waals surface area contributed by atoms with Crippen LogP contribution in [0.5, 0.6) is 0 Å². The topological polar surface area (TPSA) is 93.0 Å². The first-order chi connectivity index (χ1) is 12.9. The van der Waals surface area contributed by atoms with Crippen LogP contribution in [0.4, 0.5) is 0 Å². The number of fused-ring (bicyclic) bond motifs is 2. The summed E-state index contributed by atoms with van der Waals surface area (Å²) in [7, 11) is 1.84. The molecule has 4 heterocycles. The van der Waals surface area contributed by atoms with Crippen molar-refractivity contribution < 1.29 is 9.59 Å². The minimum absolute atomic E-state index is 0.000350. The SMILES string of the molecule is Cc1cnc(C(=O)NC2C[C@H]3CC[C@@H](C2)N3C(=O)c2cc(C)n(C)n2)cn1. The van der Waals surface area contributed by atoms with E-state index in [2.05, 4.69) is 20.4 Å². The quantitative estimate of drug-likeness (QED) is 0.884. The van der Waals surface area contributed by atoms with Gasteiger partial charge in [0, 0.05) is 37.1 Å². The molecule has 142 valence electrons. The lowest BCUT2D eigenvalue weighted by atomic mass is 9.96. The van der Waals surface area contributed by atoms with Crippen LogP contribution in [0.1, 0.15) is 58.0 Å². The molecule has 0 aromatic carbocycles. The summed E-state index contributed by atoms with van der Waals surface area (Å²) in [6.07, 6.45) is 6.56. The first-order valence-electron chi connectivity index (χ1n) is 9.35. The van der Waals surface area contributed by atoms with Gasteiger partial charge in [0.2, 0.25) is 0 Å². The Kier molecular flexibility index (Phi) is 4.41. The fraction of sp³-hybridized carbons (Fsp3) is 0.526. The van der Waals surface area contributed by atoms with Gasteiger partial charge in [-0.25, -0.2) is 4.98 Å². The van der Waals surface area contributed by atoms with Crippen LogP contribution < -0.4 is 5.32 Å². The Bertz CT molecular complexity index is 841. The maximum atomic E-state index is 13.0. The minimum atomic E-state index is -0.202. The summed E-state index contributed by atoms with van der Waals surface area (Å²) in [6, 6.07) is 2.18. The van der Waals surface area contributed by atoms with Crippen molar-refractivity contribution in [3.63, 3.8) is 0 Å². The third-order valence-corrected chi connectivity index (χ3v) is 5.65. The van der Waals surface area contributed by atoms with Crippen LogP contribution in [0.2, 0.25) is 0 Å². The Morgan fingerprint density at radius 1 is 1.07 bits per heavy atom. The maximum Gasteiger partial charge on any atom is 0.274 e. The van der Waals surface area contributed by atoms with Crippen LogP contribution in [0, 0.1) is 13.8 Å². The van der Waals surface area contributed by atoms with E-state index in [0.29, 0.717) is 11.4 Å². The average molecular weight is 368 g/mol. The second-order valence-corrected chi connectivity index (χ2v) is 7.58. The van der Waals surface area contributed by atoms with Crippen molar-refractivity contribution >= 4 is 11.8 Å². The molecule has 2 aliphatic rings. The fourth-order valence-electron chi connectivity index (χ4n) is 4.19. The smallest absolute Gasteiger partial charge is 0.274 e. The number of aromatic nitrogens is 4. The highest BCUT2D eigenvalue weighted by Gasteiger charge is 2.44. The van der Waals surface area contributed by atoms with Crippen molar-refractivity contribution in [1.82, 2.24) is 30.0 Å². The molecule has 2 aromatic rings. The number of piperidine rings is 1. The van der Waals surface area contributed by atoms with Gasteiger partial charge >= 0.3 is 0 Å². The molecule has 27 heavy (non-hydrogen) atoms. The highest BCUT2D eigenvalue weighted by molar-refractivity contribution is 5.93. The van der Waals surface area contributed by atoms with E-state index in [1.807, 2.05) is 31.9 Å². The van der Waals surface area contributed by atoms with E-state index in [-0.39, 0.29) is 29.9 Å². The van der Waals surface area contributed by atoms with Crippen molar-refractivity contribution in [2.75, 3.05) is 0 Å². The molecule has 2 aromatic heterocycles. The summed E-state index contributed by atoms with van der Waals surface area (Å²) >= 11 is 0. The highest BCUT2D eigenvalue weighted by Crippen LogP contribution is 2.36. The van der Waals surface area contributed by atoms with E-state index in [0.717, 1.165) is 37.1 Å². The zero-order valence-electron chi connectivity index (χ0n) is 15.8. The summed E-state index contributed by atoms with van der Waals surface area (Å²) in [4.78, 5) is 35.6. The number of hydrogen-bond acceptors (Lipinski definition) is 5. The molecule has 8 nitrogen and oxygen atoms in total. The molecule has 4 rings (SSSR count). The molecule has 2 fully saturated rings. The van der Waals surface area contributed by atoms with E-state index in [4.69, 9.17) is 0 Å². The Balaban J connectivity index is 1.43. The van der Waals surface area contributed by atoms with Gasteiger partial charge in [0.1, 0.15) is 5.69 Å². The molecule has 8 heteroatoms. The summed E-state index contributed by atoms with van der Waals surface area (Å²) < 4.78 is 1.73. The molecular weight excluding hydrogens is 344 g/mol. The Hall–Kier alpha value is -2.77. The second kappa shape index (κ2) is 6.75. The van der Waals surface area contributed by atoms with Crippen molar-refractivity contribution in [3.05, 3.63) is 41.2 Å². The first-order valence-corrected chi connectivity index (χ1v) is 9.35. The molecule has 1 unspecified atom stereocenters. The third kappa shape index (κ3) is 3.31. The molecule has 0 aliphatic carbocycles. The molecule has 1 N–H and O–H groups in total. The van der Waals surface area contributed by atoms with E-state index in [9.17, 15) is 9.59 Å². The lowest BCUT2D eigenvalue weighted by Gasteiger charge is -2.38. The Labute approximate surface area is 158 Å². The third-order valence-electron chi connectivity index (χ3n) is 5.65. The maximum absolute atomic E-state index is 13.0. The molecule has 2 aliphatic heterocycles. The number of nitrogens with zero attached hydrogens (tertiary/aromatic N) is 5. The number of carbonyl (C=O) groups is 2. The van der Waals surface area contributed by atoms with Gasteiger partial charge in [-0.15, -0.1) is 0 Å². The van der Waals surface area contributed by atoms with Gasteiger partial charge in [-0.1, -0.05) is 0 Å². The molecule has 0 radical (unpaired) electrons. The molecule has 2 amide bonds. The minimum Gasteiger partial charge on any atom is -0.348 e. The van der Waals surface area contributed by atoms with Crippen molar-refractivity contribution in [3.8, 4) is 0 Å². The first kappa shape index (κ1) is 17.6. The number of amides is 2. The van der Waals surface area contributed by atoms with Gasteiger partial charge in [0.15, 0.2) is 5.69 Å². The van der Waals surface area contributed by atoms with Crippen LogP contribution >= 0.6 is 0 Å². The second-order valence-electron chi connectivity index (χ2n) is 7.58. The molecule has 2 bridgehead atoms. The van der Waals surface area contributed by atoms with Crippen LogP contribution in [0.3, 0.4) is 0 Å². The molecule has 3 atom stereocenters. The summed E-state index contributed by atoms with van der Waals surface area (Å²) in [5.74, 6) is -0.201. The van der Waals surface area contributed by atoms with E-state index >= 15 is 0 Å². The van der Waals surface area contributed by atoms with E-state index in [1.54, 1.807) is 10.9 Å². The lowest BCUT2D eigenvalue weighted by molar-refractivity contribution is 0.0542. The number of hydrogen-bond donors (Lipinski definition) is 1. The monoisotopic (exact) mass is 368 g/mol. The summed E-state index contributed by atoms with van der Waals surface area (Å²) in [5, 5.41) is 7.41. The van der Waals surface area contributed by atoms with Crippen LogP contribution in [0.15, 0.2) is 18.5 Å². The standard InChI is InChI=1S/C19H24N6O2/c1-11-9-21-17(10-20-11)18(26)22-13-7-14-4-5-15(8-13)25(14)19(27)16-6-12(2)24(3)23-16/h6,9-10,13-15H,4-5,7-8H2,1-3H3,(H,22,26)/t13?,14-,15+.